The van der Waals surface area contributed by atoms with E-state index in [1.165, 1.54) is 16.9 Å². The number of likely N-dealkylation sites (tertiary alicyclic amines) is 2. The second kappa shape index (κ2) is 7.19. The fourth-order valence-electron chi connectivity index (χ4n) is 4.12. The number of thiazole rings is 1. The van der Waals surface area contributed by atoms with Crippen molar-refractivity contribution in [3.63, 3.8) is 0 Å². The van der Waals surface area contributed by atoms with Gasteiger partial charge < -0.3 is 9.64 Å². The van der Waals surface area contributed by atoms with Crippen molar-refractivity contribution in [3.05, 3.63) is 46.7 Å². The van der Waals surface area contributed by atoms with Crippen molar-refractivity contribution >= 4 is 17.2 Å². The summed E-state index contributed by atoms with van der Waals surface area (Å²) in [7, 11) is 1.78. The van der Waals surface area contributed by atoms with Crippen LogP contribution in [0.4, 0.5) is 0 Å². The van der Waals surface area contributed by atoms with Crippen molar-refractivity contribution < 1.29 is 9.53 Å². The molecule has 0 spiro atoms. The number of carbonyl (C=O) groups excluding carboxylic acids is 1. The summed E-state index contributed by atoms with van der Waals surface area (Å²) in [6.45, 7) is 3.40. The Morgan fingerprint density at radius 2 is 2.36 bits per heavy atom. The number of pyridine rings is 1. The monoisotopic (exact) mass is 358 g/mol. The minimum Gasteiger partial charge on any atom is -0.381 e. The molecule has 0 aliphatic carbocycles. The van der Waals surface area contributed by atoms with Crippen molar-refractivity contribution in [2.75, 3.05) is 26.7 Å². The van der Waals surface area contributed by atoms with E-state index >= 15 is 0 Å². The number of rotatable bonds is 4. The van der Waals surface area contributed by atoms with E-state index in [0.29, 0.717) is 11.6 Å². The van der Waals surface area contributed by atoms with Crippen molar-refractivity contribution in [1.82, 2.24) is 19.8 Å². The molecular formula is C18H22N4O2S. The normalized spacial score (nSPS) is 26.6. The van der Waals surface area contributed by atoms with Crippen molar-refractivity contribution in [1.29, 1.82) is 0 Å². The molecule has 4 rings (SSSR count). The van der Waals surface area contributed by atoms with Gasteiger partial charge in [0.1, 0.15) is 5.69 Å². The van der Waals surface area contributed by atoms with E-state index in [1.54, 1.807) is 18.8 Å². The number of methoxy groups -OCH3 is 1. The summed E-state index contributed by atoms with van der Waals surface area (Å²) in [6.07, 6.45) is 4.80. The summed E-state index contributed by atoms with van der Waals surface area (Å²) in [5.74, 6) is 0.395. The highest BCUT2D eigenvalue weighted by Gasteiger charge is 2.46. The van der Waals surface area contributed by atoms with Gasteiger partial charge in [0.2, 0.25) is 0 Å². The number of ether oxygens (including phenoxy) is 1. The van der Waals surface area contributed by atoms with Gasteiger partial charge in [0, 0.05) is 57.0 Å². The molecule has 6 nitrogen and oxygen atoms in total. The number of aromatic nitrogens is 2. The molecule has 0 unspecified atom stereocenters. The van der Waals surface area contributed by atoms with Crippen molar-refractivity contribution in [3.8, 4) is 0 Å². The molecule has 0 aromatic carbocycles. The Labute approximate surface area is 151 Å². The molecule has 7 heteroatoms. The lowest BCUT2D eigenvalue weighted by molar-refractivity contribution is -0.0158. The second-order valence-corrected chi connectivity index (χ2v) is 7.44. The topological polar surface area (TPSA) is 58.6 Å². The maximum absolute atomic E-state index is 12.9. The number of piperidine rings is 1. The molecule has 0 radical (unpaired) electrons. The Hall–Kier alpha value is -1.83. The number of hydrogen-bond acceptors (Lipinski definition) is 6. The van der Waals surface area contributed by atoms with Crippen LogP contribution < -0.4 is 0 Å². The zero-order valence-corrected chi connectivity index (χ0v) is 15.1. The lowest BCUT2D eigenvalue weighted by atomic mass is 9.89. The van der Waals surface area contributed by atoms with Gasteiger partial charge in [0.15, 0.2) is 0 Å². The van der Waals surface area contributed by atoms with E-state index in [0.717, 1.165) is 32.6 Å². The van der Waals surface area contributed by atoms with Crippen LogP contribution in [0.5, 0.6) is 0 Å². The molecule has 0 bridgehead atoms. The van der Waals surface area contributed by atoms with E-state index in [4.69, 9.17) is 4.74 Å². The number of nitrogens with zero attached hydrogens (tertiary/aromatic N) is 4. The summed E-state index contributed by atoms with van der Waals surface area (Å²) < 4.78 is 5.73. The smallest absolute Gasteiger partial charge is 0.273 e. The molecule has 2 saturated heterocycles. The van der Waals surface area contributed by atoms with E-state index in [2.05, 4.69) is 20.9 Å². The van der Waals surface area contributed by atoms with E-state index in [-0.39, 0.29) is 18.1 Å². The molecule has 3 atom stereocenters. The average molecular weight is 358 g/mol. The summed E-state index contributed by atoms with van der Waals surface area (Å²) in [5, 5.41) is 1.84. The number of carbonyl (C=O) groups is 1. The highest BCUT2D eigenvalue weighted by molar-refractivity contribution is 7.07. The fraction of sp³-hybridized carbons (Fsp3) is 0.500. The lowest BCUT2D eigenvalue weighted by Gasteiger charge is -2.40. The molecule has 2 fully saturated rings. The highest BCUT2D eigenvalue weighted by atomic mass is 32.1. The average Bonchev–Trinajstić information content (AvgIpc) is 3.31. The van der Waals surface area contributed by atoms with Crippen molar-refractivity contribution in [2.45, 2.75) is 25.1 Å². The van der Waals surface area contributed by atoms with Crippen LogP contribution in [0.25, 0.3) is 0 Å². The number of amides is 1. The second-order valence-electron chi connectivity index (χ2n) is 6.72. The van der Waals surface area contributed by atoms with E-state index in [9.17, 15) is 4.79 Å². The van der Waals surface area contributed by atoms with Crippen LogP contribution in [0.15, 0.2) is 35.4 Å². The maximum atomic E-state index is 12.9. The van der Waals surface area contributed by atoms with Crippen LogP contribution in [0.3, 0.4) is 0 Å². The molecular weight excluding hydrogens is 336 g/mol. The Morgan fingerprint density at radius 3 is 3.08 bits per heavy atom. The van der Waals surface area contributed by atoms with Gasteiger partial charge in [-0.15, -0.1) is 11.3 Å². The summed E-state index contributed by atoms with van der Waals surface area (Å²) in [5.41, 5.74) is 3.48. The first-order valence-corrected chi connectivity index (χ1v) is 9.53. The van der Waals surface area contributed by atoms with E-state index in [1.807, 2.05) is 22.5 Å². The third kappa shape index (κ3) is 3.31. The van der Waals surface area contributed by atoms with Crippen LogP contribution in [0.2, 0.25) is 0 Å². The number of hydrogen-bond donors (Lipinski definition) is 0. The first kappa shape index (κ1) is 16.6. The predicted octanol–water partition coefficient (Wildman–Crippen LogP) is 1.90. The Balaban J connectivity index is 1.52. The van der Waals surface area contributed by atoms with Crippen LogP contribution in [-0.2, 0) is 11.3 Å². The largest absolute Gasteiger partial charge is 0.381 e. The maximum Gasteiger partial charge on any atom is 0.273 e. The molecule has 25 heavy (non-hydrogen) atoms. The van der Waals surface area contributed by atoms with Crippen LogP contribution in [-0.4, -0.2) is 64.6 Å². The minimum atomic E-state index is 0.0500. The Morgan fingerprint density at radius 1 is 1.44 bits per heavy atom. The van der Waals surface area contributed by atoms with Gasteiger partial charge in [-0.2, -0.15) is 0 Å². The molecule has 0 saturated carbocycles. The standard InChI is InChI=1S/C18H22N4O2S/c1-24-17-4-6-22(18(23)15-11-25-12-20-15)16-10-21(9-14(16)17)8-13-3-2-5-19-7-13/h2-3,5,7,11-12,14,16-17H,4,6,8-10H2,1H3/t14-,16+,17-/m0/s1. The van der Waals surface area contributed by atoms with E-state index < -0.39 is 0 Å². The molecule has 132 valence electrons. The molecule has 4 heterocycles. The first-order valence-electron chi connectivity index (χ1n) is 8.59. The Bertz CT molecular complexity index is 709. The summed E-state index contributed by atoms with van der Waals surface area (Å²) in [4.78, 5) is 25.7. The van der Waals surface area contributed by atoms with Gasteiger partial charge >= 0.3 is 0 Å². The predicted molar refractivity (Wildman–Crippen MR) is 95.4 cm³/mol. The van der Waals surface area contributed by atoms with Gasteiger partial charge in [-0.1, -0.05) is 6.07 Å². The zero-order chi connectivity index (χ0) is 17.2. The van der Waals surface area contributed by atoms with Crippen LogP contribution in [0.1, 0.15) is 22.5 Å². The molecule has 2 aliphatic rings. The van der Waals surface area contributed by atoms with Gasteiger partial charge in [-0.25, -0.2) is 4.98 Å². The SMILES string of the molecule is CO[C@H]1CCN(C(=O)c2cscn2)[C@@H]2CN(Cc3cccnc3)C[C@H]12. The van der Waals surface area contributed by atoms with Gasteiger partial charge in [-0.3, -0.25) is 14.7 Å². The quantitative estimate of drug-likeness (QED) is 0.835. The first-order chi connectivity index (χ1) is 12.3. The summed E-state index contributed by atoms with van der Waals surface area (Å²) >= 11 is 1.46. The lowest BCUT2D eigenvalue weighted by Crippen LogP contribution is -2.53. The van der Waals surface area contributed by atoms with Gasteiger partial charge in [-0.05, 0) is 18.1 Å². The third-order valence-corrected chi connectivity index (χ3v) is 5.87. The van der Waals surface area contributed by atoms with Crippen molar-refractivity contribution in [2.24, 2.45) is 5.92 Å². The van der Waals surface area contributed by atoms with Gasteiger partial charge in [0.25, 0.3) is 5.91 Å². The molecule has 2 aliphatic heterocycles. The van der Waals surface area contributed by atoms with Crippen LogP contribution >= 0.6 is 11.3 Å². The Kier molecular flexibility index (Phi) is 4.78. The fourth-order valence-corrected chi connectivity index (χ4v) is 4.65. The number of fused-ring (bicyclic) bond motifs is 1. The molecule has 2 aromatic heterocycles. The van der Waals surface area contributed by atoms with Gasteiger partial charge in [0.05, 0.1) is 17.7 Å². The third-order valence-electron chi connectivity index (χ3n) is 5.28. The molecule has 0 N–H and O–H groups in total. The minimum absolute atomic E-state index is 0.0500. The molecule has 1 amide bonds. The highest BCUT2D eigenvalue weighted by Crippen LogP contribution is 2.34. The molecule has 2 aromatic rings. The summed E-state index contributed by atoms with van der Waals surface area (Å²) in [6, 6.07) is 4.25. The van der Waals surface area contributed by atoms with Crippen LogP contribution in [0, 0.1) is 5.92 Å². The zero-order valence-electron chi connectivity index (χ0n) is 14.2.